The highest BCUT2D eigenvalue weighted by molar-refractivity contribution is 5.04. The SMILES string of the molecule is NC1(CC(O)CF)CC(F)(F)C1. The van der Waals surface area contributed by atoms with Crippen LogP contribution in [0.25, 0.3) is 0 Å². The Morgan fingerprint density at radius 1 is 1.42 bits per heavy atom. The Bertz CT molecular complexity index is 166. The molecule has 0 saturated heterocycles. The summed E-state index contributed by atoms with van der Waals surface area (Å²) in [6.45, 7) is -0.926. The highest BCUT2D eigenvalue weighted by atomic mass is 19.3. The lowest BCUT2D eigenvalue weighted by atomic mass is 9.71. The first-order valence-electron chi connectivity index (χ1n) is 3.78. The highest BCUT2D eigenvalue weighted by Gasteiger charge is 2.54. The van der Waals surface area contributed by atoms with Crippen molar-refractivity contribution in [2.75, 3.05) is 6.67 Å². The molecule has 1 unspecified atom stereocenters. The maximum Gasteiger partial charge on any atom is 0.251 e. The average Bonchev–Trinajstić information content (AvgIpc) is 1.82. The molecule has 0 aromatic heterocycles. The van der Waals surface area contributed by atoms with Gasteiger partial charge in [-0.1, -0.05) is 0 Å². The van der Waals surface area contributed by atoms with Gasteiger partial charge in [0.15, 0.2) is 0 Å². The van der Waals surface area contributed by atoms with E-state index in [4.69, 9.17) is 10.8 Å². The van der Waals surface area contributed by atoms with Gasteiger partial charge in [-0.2, -0.15) is 0 Å². The maximum absolute atomic E-state index is 12.3. The van der Waals surface area contributed by atoms with Crippen LogP contribution in [0.4, 0.5) is 13.2 Å². The van der Waals surface area contributed by atoms with Gasteiger partial charge in [0.25, 0.3) is 5.92 Å². The molecule has 1 rings (SSSR count). The third-order valence-electron chi connectivity index (χ3n) is 2.04. The van der Waals surface area contributed by atoms with Crippen LogP contribution in [0.3, 0.4) is 0 Å². The number of alkyl halides is 3. The zero-order valence-electron chi connectivity index (χ0n) is 6.56. The van der Waals surface area contributed by atoms with Gasteiger partial charge >= 0.3 is 0 Å². The Balaban J connectivity index is 2.35. The summed E-state index contributed by atoms with van der Waals surface area (Å²) in [6.07, 6.45) is -2.18. The van der Waals surface area contributed by atoms with Crippen LogP contribution in [0.5, 0.6) is 0 Å². The molecule has 72 valence electrons. The zero-order valence-corrected chi connectivity index (χ0v) is 6.56. The van der Waals surface area contributed by atoms with E-state index in [2.05, 4.69) is 0 Å². The molecule has 12 heavy (non-hydrogen) atoms. The van der Waals surface area contributed by atoms with Gasteiger partial charge in [-0.05, 0) is 6.42 Å². The van der Waals surface area contributed by atoms with Crippen molar-refractivity contribution in [1.29, 1.82) is 0 Å². The lowest BCUT2D eigenvalue weighted by Gasteiger charge is -2.45. The number of aliphatic hydroxyl groups is 1. The molecule has 0 aromatic rings. The van der Waals surface area contributed by atoms with Crippen molar-refractivity contribution in [3.8, 4) is 0 Å². The van der Waals surface area contributed by atoms with Crippen LogP contribution in [0.15, 0.2) is 0 Å². The number of halogens is 3. The van der Waals surface area contributed by atoms with E-state index in [0.717, 1.165) is 0 Å². The number of nitrogens with two attached hydrogens (primary N) is 1. The molecule has 1 atom stereocenters. The molecule has 0 spiro atoms. The Morgan fingerprint density at radius 2 is 1.92 bits per heavy atom. The molecule has 0 radical (unpaired) electrons. The van der Waals surface area contributed by atoms with Gasteiger partial charge in [-0.25, -0.2) is 13.2 Å². The molecule has 0 aliphatic heterocycles. The summed E-state index contributed by atoms with van der Waals surface area (Å²) in [4.78, 5) is 0. The fraction of sp³-hybridized carbons (Fsp3) is 1.00. The van der Waals surface area contributed by atoms with Crippen molar-refractivity contribution in [2.24, 2.45) is 5.73 Å². The van der Waals surface area contributed by atoms with E-state index in [0.29, 0.717) is 0 Å². The summed E-state index contributed by atoms with van der Waals surface area (Å²) in [5.41, 5.74) is 4.39. The van der Waals surface area contributed by atoms with Crippen LogP contribution in [0, 0.1) is 0 Å². The quantitative estimate of drug-likeness (QED) is 0.680. The number of hydrogen-bond acceptors (Lipinski definition) is 2. The Kier molecular flexibility index (Phi) is 2.35. The van der Waals surface area contributed by atoms with Crippen molar-refractivity contribution < 1.29 is 18.3 Å². The fourth-order valence-corrected chi connectivity index (χ4v) is 1.65. The van der Waals surface area contributed by atoms with Gasteiger partial charge in [0.2, 0.25) is 0 Å². The number of aliphatic hydroxyl groups excluding tert-OH is 1. The standard InChI is InChI=1S/C7H12F3NO/c8-2-5(12)1-6(11)3-7(9,10)4-6/h5,12H,1-4,11H2. The van der Waals surface area contributed by atoms with E-state index in [-0.39, 0.29) is 6.42 Å². The molecule has 1 aliphatic carbocycles. The molecule has 1 aliphatic rings. The molecule has 0 aromatic carbocycles. The molecule has 0 amide bonds. The van der Waals surface area contributed by atoms with E-state index in [1.165, 1.54) is 0 Å². The molecular weight excluding hydrogens is 171 g/mol. The van der Waals surface area contributed by atoms with Crippen LogP contribution in [-0.2, 0) is 0 Å². The smallest absolute Gasteiger partial charge is 0.251 e. The van der Waals surface area contributed by atoms with Gasteiger partial charge in [0, 0.05) is 18.4 Å². The number of rotatable bonds is 3. The van der Waals surface area contributed by atoms with Gasteiger partial charge < -0.3 is 10.8 Å². The first kappa shape index (κ1) is 9.80. The normalized spacial score (nSPS) is 27.8. The minimum Gasteiger partial charge on any atom is -0.390 e. The van der Waals surface area contributed by atoms with Gasteiger partial charge in [0.05, 0.1) is 6.10 Å². The second-order valence-electron chi connectivity index (χ2n) is 3.58. The molecule has 5 heteroatoms. The van der Waals surface area contributed by atoms with E-state index in [1.807, 2.05) is 0 Å². The largest absolute Gasteiger partial charge is 0.390 e. The summed E-state index contributed by atoms with van der Waals surface area (Å²) in [6, 6.07) is 0. The van der Waals surface area contributed by atoms with Crippen LogP contribution >= 0.6 is 0 Å². The number of hydrogen-bond donors (Lipinski definition) is 2. The lowest BCUT2D eigenvalue weighted by molar-refractivity contribution is -0.132. The third kappa shape index (κ3) is 2.10. The molecular formula is C7H12F3NO. The summed E-state index contributed by atoms with van der Waals surface area (Å²) in [5.74, 6) is -2.72. The minimum atomic E-state index is -2.72. The first-order chi connectivity index (χ1) is 5.37. The molecule has 2 nitrogen and oxygen atoms in total. The molecule has 3 N–H and O–H groups in total. The summed E-state index contributed by atoms with van der Waals surface area (Å²) in [7, 11) is 0. The molecule has 1 saturated carbocycles. The monoisotopic (exact) mass is 183 g/mol. The topological polar surface area (TPSA) is 46.2 Å². The third-order valence-corrected chi connectivity index (χ3v) is 2.04. The van der Waals surface area contributed by atoms with Gasteiger partial charge in [-0.3, -0.25) is 0 Å². The molecule has 1 fully saturated rings. The maximum atomic E-state index is 12.3. The Morgan fingerprint density at radius 3 is 2.25 bits per heavy atom. The van der Waals surface area contributed by atoms with Crippen LogP contribution in [0.1, 0.15) is 19.3 Å². The van der Waals surface area contributed by atoms with E-state index in [9.17, 15) is 13.2 Å². The van der Waals surface area contributed by atoms with Gasteiger partial charge in [-0.15, -0.1) is 0 Å². The predicted molar refractivity (Wildman–Crippen MR) is 37.7 cm³/mol. The van der Waals surface area contributed by atoms with Crippen LogP contribution in [0.2, 0.25) is 0 Å². The predicted octanol–water partition coefficient (Wildman–Crippen LogP) is 0.833. The van der Waals surface area contributed by atoms with Crippen LogP contribution in [-0.4, -0.2) is 29.3 Å². The van der Waals surface area contributed by atoms with Gasteiger partial charge in [0.1, 0.15) is 6.67 Å². The molecule has 0 heterocycles. The van der Waals surface area contributed by atoms with E-state index >= 15 is 0 Å². The van der Waals surface area contributed by atoms with Crippen molar-refractivity contribution >= 4 is 0 Å². The van der Waals surface area contributed by atoms with Crippen molar-refractivity contribution in [1.82, 2.24) is 0 Å². The summed E-state index contributed by atoms with van der Waals surface area (Å²) in [5, 5.41) is 8.83. The van der Waals surface area contributed by atoms with Crippen molar-refractivity contribution in [3.05, 3.63) is 0 Å². The Labute approximate surface area is 68.6 Å². The van der Waals surface area contributed by atoms with E-state index < -0.39 is 37.1 Å². The Hall–Kier alpha value is -0.290. The summed E-state index contributed by atoms with van der Waals surface area (Å²) < 4.78 is 36.4. The molecule has 0 bridgehead atoms. The fourth-order valence-electron chi connectivity index (χ4n) is 1.65. The van der Waals surface area contributed by atoms with Crippen molar-refractivity contribution in [2.45, 2.75) is 36.8 Å². The highest BCUT2D eigenvalue weighted by Crippen LogP contribution is 2.46. The minimum absolute atomic E-state index is 0.0842. The summed E-state index contributed by atoms with van der Waals surface area (Å²) >= 11 is 0. The van der Waals surface area contributed by atoms with Crippen molar-refractivity contribution in [3.63, 3.8) is 0 Å². The second kappa shape index (κ2) is 2.88. The van der Waals surface area contributed by atoms with E-state index in [1.54, 1.807) is 0 Å². The zero-order chi connectivity index (χ0) is 9.41. The average molecular weight is 183 g/mol. The first-order valence-corrected chi connectivity index (χ1v) is 3.78. The van der Waals surface area contributed by atoms with Crippen LogP contribution < -0.4 is 5.73 Å². The second-order valence-corrected chi connectivity index (χ2v) is 3.58. The lowest BCUT2D eigenvalue weighted by Crippen LogP contribution is -2.59.